The quantitative estimate of drug-likeness (QED) is 0.438. The molecule has 5 heavy (non-hydrogen) atoms. The maximum atomic E-state index is 8.61. The molecule has 0 saturated carbocycles. The van der Waals surface area contributed by atoms with E-state index in [2.05, 4.69) is 0 Å². The molecule has 0 heterocycles. The summed E-state index contributed by atoms with van der Waals surface area (Å²) in [5.74, 6) is 0. The molecule has 0 radical (unpaired) electrons. The van der Waals surface area contributed by atoms with Crippen LogP contribution in [0.3, 0.4) is 0 Å². The van der Waals surface area contributed by atoms with Crippen LogP contribution in [0.1, 0.15) is 0 Å². The van der Waals surface area contributed by atoms with Crippen molar-refractivity contribution in [1.82, 2.24) is 0 Å². The molecule has 0 fully saturated rings. The van der Waals surface area contributed by atoms with Crippen molar-refractivity contribution in [2.24, 2.45) is 0 Å². The van der Waals surface area contributed by atoms with Crippen LogP contribution in [-0.2, 0) is 30.2 Å². The van der Waals surface area contributed by atoms with Gasteiger partial charge in [-0.2, -0.15) is 0 Å². The van der Waals surface area contributed by atoms with Gasteiger partial charge in [-0.3, -0.25) is 0 Å². The Morgan fingerprint density at radius 2 is 1.00 bits per heavy atom. The first-order valence-corrected chi connectivity index (χ1v) is 3.62. The van der Waals surface area contributed by atoms with Crippen molar-refractivity contribution in [3.8, 4) is 0 Å². The van der Waals surface area contributed by atoms with Gasteiger partial charge in [-0.25, -0.2) is 0 Å². The van der Waals surface area contributed by atoms with Gasteiger partial charge in [0.05, 0.1) is 0 Å². The summed E-state index contributed by atoms with van der Waals surface area (Å²) in [7, 11) is 0. The van der Waals surface area contributed by atoms with E-state index in [0.717, 1.165) is 0 Å². The van der Waals surface area contributed by atoms with Gasteiger partial charge >= 0.3 is 67.9 Å². The Balaban J connectivity index is 0. The normalized spacial score (nSPS) is 3.00. The molecule has 0 N–H and O–H groups in total. The predicted molar refractivity (Wildman–Crippen MR) is 10.6 cm³/mol. The minimum absolute atomic E-state index is 0. The van der Waals surface area contributed by atoms with Crippen LogP contribution in [0.2, 0.25) is 0 Å². The molecule has 0 bridgehead atoms. The first kappa shape index (κ1) is 9.74. The summed E-state index contributed by atoms with van der Waals surface area (Å²) in [6.45, 7) is 0. The number of rotatable bonds is 0. The SMILES string of the molecule is [CaH2].[O]=[Zr](=[O])=[O]. The van der Waals surface area contributed by atoms with E-state index in [0.29, 0.717) is 0 Å². The van der Waals surface area contributed by atoms with Crippen LogP contribution in [-0.4, -0.2) is 37.7 Å². The van der Waals surface area contributed by atoms with Gasteiger partial charge in [-0.15, -0.1) is 0 Å². The Kier molecular flexibility index (Phi) is 10.8. The summed E-state index contributed by atoms with van der Waals surface area (Å²) in [6, 6.07) is 0. The summed E-state index contributed by atoms with van der Waals surface area (Å²) in [4.78, 5) is 0. The van der Waals surface area contributed by atoms with Gasteiger partial charge in [0.1, 0.15) is 0 Å². The van der Waals surface area contributed by atoms with Gasteiger partial charge < -0.3 is 0 Å². The fourth-order valence-corrected chi connectivity index (χ4v) is 0. The first-order valence-electron chi connectivity index (χ1n) is 0.612. The van der Waals surface area contributed by atoms with E-state index in [1.807, 2.05) is 0 Å². The van der Waals surface area contributed by atoms with Crippen LogP contribution in [0, 0.1) is 0 Å². The van der Waals surface area contributed by atoms with Gasteiger partial charge in [-0.1, -0.05) is 0 Å². The van der Waals surface area contributed by atoms with Crippen LogP contribution in [0.15, 0.2) is 0 Å². The number of hydrogen-bond donors (Lipinski definition) is 0. The molecule has 0 aromatic carbocycles. The average Bonchev–Trinajstić information content (AvgIpc) is 0.811. The zero-order valence-electron chi connectivity index (χ0n) is 1.72. The van der Waals surface area contributed by atoms with Crippen LogP contribution in [0.25, 0.3) is 0 Å². The van der Waals surface area contributed by atoms with Gasteiger partial charge in [0, 0.05) is 0 Å². The molecule has 0 saturated heterocycles. The molecule has 0 aliphatic rings. The van der Waals surface area contributed by atoms with Crippen molar-refractivity contribution in [1.29, 1.82) is 0 Å². The van der Waals surface area contributed by atoms with E-state index in [1.165, 1.54) is 0 Å². The summed E-state index contributed by atoms with van der Waals surface area (Å²) in [5, 5.41) is 0. The summed E-state index contributed by atoms with van der Waals surface area (Å²) in [5.41, 5.74) is 0. The second-order valence-electron chi connectivity index (χ2n) is 0.250. The fraction of sp³-hybridized carbons (Fsp3) is 0. The number of hydrogen-bond acceptors (Lipinski definition) is 3. The minimum atomic E-state index is -4.29. The molecule has 0 aromatic rings. The van der Waals surface area contributed by atoms with Crippen molar-refractivity contribution >= 4 is 37.7 Å². The van der Waals surface area contributed by atoms with Gasteiger partial charge in [0.15, 0.2) is 0 Å². The third-order valence-electron chi connectivity index (χ3n) is 0. The van der Waals surface area contributed by atoms with E-state index < -0.39 is 21.8 Å². The molecule has 0 atom stereocenters. The standard InChI is InChI=1S/Ca.3O.Zr.2H. The van der Waals surface area contributed by atoms with Crippen molar-refractivity contribution < 1.29 is 30.2 Å². The molecule has 0 unspecified atom stereocenters. The topological polar surface area (TPSA) is 51.2 Å². The molecule has 0 amide bonds. The molecule has 0 aromatic heterocycles. The molecule has 0 spiro atoms. The van der Waals surface area contributed by atoms with Crippen LogP contribution in [0.5, 0.6) is 0 Å². The van der Waals surface area contributed by atoms with E-state index in [4.69, 9.17) is 8.44 Å². The van der Waals surface area contributed by atoms with Gasteiger partial charge in [-0.05, 0) is 0 Å². The molecule has 26 valence electrons. The molecule has 3 nitrogen and oxygen atoms in total. The van der Waals surface area contributed by atoms with Crippen LogP contribution in [0.4, 0.5) is 0 Å². The molecular weight excluding hydrogens is 179 g/mol. The Bertz CT molecular complexity index is 76.3. The molecule has 5 heteroatoms. The average molecular weight is 181 g/mol. The van der Waals surface area contributed by atoms with Crippen LogP contribution < -0.4 is 0 Å². The monoisotopic (exact) mass is 180 g/mol. The third-order valence-corrected chi connectivity index (χ3v) is 0. The Morgan fingerprint density at radius 3 is 1.00 bits per heavy atom. The van der Waals surface area contributed by atoms with Crippen molar-refractivity contribution in [2.45, 2.75) is 0 Å². The van der Waals surface area contributed by atoms with Crippen molar-refractivity contribution in [3.63, 3.8) is 0 Å². The molecule has 0 rings (SSSR count). The molecular formula is H2CaO3Zr. The Labute approximate surface area is 66.7 Å². The van der Waals surface area contributed by atoms with E-state index in [-0.39, 0.29) is 37.7 Å². The fourth-order valence-electron chi connectivity index (χ4n) is 0. The van der Waals surface area contributed by atoms with Crippen molar-refractivity contribution in [3.05, 3.63) is 0 Å². The van der Waals surface area contributed by atoms with E-state index in [1.54, 1.807) is 0 Å². The predicted octanol–water partition coefficient (Wildman–Crippen LogP) is -1.28. The maximum absolute atomic E-state index is 8.61. The molecule has 0 aliphatic carbocycles. The summed E-state index contributed by atoms with van der Waals surface area (Å²) < 4.78 is 25.8. The van der Waals surface area contributed by atoms with Gasteiger partial charge in [0.25, 0.3) is 0 Å². The summed E-state index contributed by atoms with van der Waals surface area (Å²) in [6.07, 6.45) is 0. The summed E-state index contributed by atoms with van der Waals surface area (Å²) >= 11 is -4.29. The van der Waals surface area contributed by atoms with Crippen molar-refractivity contribution in [2.75, 3.05) is 0 Å². The Morgan fingerprint density at radius 1 is 1.00 bits per heavy atom. The van der Waals surface area contributed by atoms with E-state index >= 15 is 0 Å². The van der Waals surface area contributed by atoms with E-state index in [9.17, 15) is 0 Å². The van der Waals surface area contributed by atoms with Crippen LogP contribution >= 0.6 is 0 Å². The zero-order valence-corrected chi connectivity index (χ0v) is 4.18. The molecule has 0 aliphatic heterocycles. The second-order valence-corrected chi connectivity index (χ2v) is 1.48. The zero-order chi connectivity index (χ0) is 3.58. The Hall–Kier alpha value is 1.54. The second kappa shape index (κ2) is 5.54. The van der Waals surface area contributed by atoms with Gasteiger partial charge in [0.2, 0.25) is 0 Å². The third kappa shape index (κ3) is 29.2. The first-order chi connectivity index (χ1) is 1.73.